The fourth-order valence-electron chi connectivity index (χ4n) is 2.60. The number of benzene rings is 2. The first-order valence-corrected chi connectivity index (χ1v) is 10.2. The number of rotatable bonds is 5. The molecule has 0 bridgehead atoms. The van der Waals surface area contributed by atoms with Gasteiger partial charge >= 0.3 is 7.60 Å². The molecule has 0 N–H and O–H groups in total. The Bertz CT molecular complexity index is 721. The zero-order valence-electron chi connectivity index (χ0n) is 13.5. The highest BCUT2D eigenvalue weighted by molar-refractivity contribution is 7.53. The number of anilines is 1. The zero-order valence-corrected chi connectivity index (χ0v) is 15.1. The van der Waals surface area contributed by atoms with Crippen LogP contribution in [0.2, 0.25) is 5.02 Å². The van der Waals surface area contributed by atoms with Crippen LogP contribution in [0, 0.1) is 0 Å². The molecule has 24 heavy (non-hydrogen) atoms. The second kappa shape index (κ2) is 7.58. The van der Waals surface area contributed by atoms with Crippen LogP contribution in [-0.4, -0.2) is 37.9 Å². The molecule has 0 amide bonds. The molecule has 128 valence electrons. The van der Waals surface area contributed by atoms with E-state index in [1.165, 1.54) is 6.66 Å². The van der Waals surface area contributed by atoms with Crippen LogP contribution < -0.4 is 9.42 Å². The first kappa shape index (κ1) is 17.3. The molecule has 2 aromatic rings. The molecule has 0 saturated carbocycles. The van der Waals surface area contributed by atoms with Crippen molar-refractivity contribution in [3.63, 3.8) is 0 Å². The Hall–Kier alpha value is -1.52. The van der Waals surface area contributed by atoms with E-state index in [9.17, 15) is 4.57 Å². The Balaban J connectivity index is 1.54. The molecule has 1 aliphatic heterocycles. The number of nitrogens with zero attached hydrogens (tertiary/aromatic N) is 2. The van der Waals surface area contributed by atoms with Gasteiger partial charge in [0.2, 0.25) is 0 Å². The van der Waals surface area contributed by atoms with Crippen molar-refractivity contribution < 1.29 is 13.7 Å². The van der Waals surface area contributed by atoms with Gasteiger partial charge in [0.15, 0.2) is 0 Å². The molecule has 1 fully saturated rings. The molecular formula is C17H20ClN2O3P. The van der Waals surface area contributed by atoms with Gasteiger partial charge in [-0.1, -0.05) is 35.9 Å². The molecule has 0 aliphatic carbocycles. The minimum Gasteiger partial charge on any atom is -0.424 e. The summed E-state index contributed by atoms with van der Waals surface area (Å²) < 4.78 is 23.6. The third-order valence-electron chi connectivity index (χ3n) is 3.69. The van der Waals surface area contributed by atoms with Crippen molar-refractivity contribution in [1.82, 2.24) is 5.06 Å². The highest BCUT2D eigenvalue weighted by Gasteiger charge is 2.26. The summed E-state index contributed by atoms with van der Waals surface area (Å²) in [6, 6.07) is 16.8. The van der Waals surface area contributed by atoms with Crippen LogP contribution >= 0.6 is 19.2 Å². The Morgan fingerprint density at radius 3 is 2.38 bits per heavy atom. The van der Waals surface area contributed by atoms with Crippen LogP contribution in [0.15, 0.2) is 54.6 Å². The van der Waals surface area contributed by atoms with Gasteiger partial charge in [-0.2, -0.15) is 5.06 Å². The van der Waals surface area contributed by atoms with E-state index in [0.29, 0.717) is 18.8 Å². The van der Waals surface area contributed by atoms with Gasteiger partial charge in [-0.3, -0.25) is 0 Å². The van der Waals surface area contributed by atoms with Gasteiger partial charge in [0, 0.05) is 36.9 Å². The largest absolute Gasteiger partial charge is 0.424 e. The first-order valence-electron chi connectivity index (χ1n) is 7.79. The van der Waals surface area contributed by atoms with Gasteiger partial charge in [-0.05, 0) is 30.3 Å². The van der Waals surface area contributed by atoms with Gasteiger partial charge < -0.3 is 9.42 Å². The molecular weight excluding hydrogens is 347 g/mol. The van der Waals surface area contributed by atoms with Crippen LogP contribution in [-0.2, 0) is 9.19 Å². The predicted octanol–water partition coefficient (Wildman–Crippen LogP) is 4.30. The van der Waals surface area contributed by atoms with Crippen molar-refractivity contribution >= 4 is 24.9 Å². The Kier molecular flexibility index (Phi) is 5.47. The summed E-state index contributed by atoms with van der Waals surface area (Å²) in [5, 5.41) is 2.44. The fourth-order valence-corrected chi connectivity index (χ4v) is 3.91. The third-order valence-corrected chi connectivity index (χ3v) is 5.00. The van der Waals surface area contributed by atoms with Gasteiger partial charge in [0.1, 0.15) is 5.75 Å². The summed E-state index contributed by atoms with van der Waals surface area (Å²) in [4.78, 5) is 2.23. The number of piperazine rings is 1. The standard InChI is InChI=1S/C17H20ClN2O3P/c1-24(21,22-17-8-3-2-4-9-17)23-20-12-10-19(11-13-20)16-7-5-6-15(18)14-16/h2-9,14H,10-13H2,1H3. The lowest BCUT2D eigenvalue weighted by Crippen LogP contribution is -2.46. The zero-order chi connectivity index (χ0) is 17.0. The van der Waals surface area contributed by atoms with Crippen molar-refractivity contribution in [1.29, 1.82) is 0 Å². The third kappa shape index (κ3) is 4.74. The van der Waals surface area contributed by atoms with E-state index in [-0.39, 0.29) is 0 Å². The molecule has 1 aliphatic rings. The van der Waals surface area contributed by atoms with E-state index in [0.717, 1.165) is 23.8 Å². The van der Waals surface area contributed by atoms with E-state index in [1.54, 1.807) is 17.2 Å². The van der Waals surface area contributed by atoms with Gasteiger partial charge in [-0.15, -0.1) is 0 Å². The average Bonchev–Trinajstić information content (AvgIpc) is 2.55. The molecule has 1 saturated heterocycles. The minimum absolute atomic E-state index is 0.542. The van der Waals surface area contributed by atoms with E-state index in [2.05, 4.69) is 4.90 Å². The number of hydrogen-bond donors (Lipinski definition) is 0. The summed E-state index contributed by atoms with van der Waals surface area (Å²) in [7, 11) is -3.20. The monoisotopic (exact) mass is 366 g/mol. The topological polar surface area (TPSA) is 42.0 Å². The summed E-state index contributed by atoms with van der Waals surface area (Å²) in [6.07, 6.45) is 0. The minimum atomic E-state index is -3.20. The van der Waals surface area contributed by atoms with Crippen LogP contribution in [0.4, 0.5) is 5.69 Å². The van der Waals surface area contributed by atoms with Crippen molar-refractivity contribution in [2.75, 3.05) is 37.7 Å². The molecule has 5 nitrogen and oxygen atoms in total. The van der Waals surface area contributed by atoms with E-state index < -0.39 is 7.60 Å². The van der Waals surface area contributed by atoms with Gasteiger partial charge in [0.25, 0.3) is 0 Å². The number of hydrogen-bond acceptors (Lipinski definition) is 5. The number of halogens is 1. The van der Waals surface area contributed by atoms with Crippen molar-refractivity contribution in [3.05, 3.63) is 59.6 Å². The normalized spacial score (nSPS) is 18.2. The average molecular weight is 367 g/mol. The molecule has 1 unspecified atom stereocenters. The maximum atomic E-state index is 12.5. The maximum Gasteiger partial charge on any atom is 0.392 e. The maximum absolute atomic E-state index is 12.5. The van der Waals surface area contributed by atoms with Crippen molar-refractivity contribution in [2.24, 2.45) is 0 Å². The number of para-hydroxylation sites is 1. The Morgan fingerprint density at radius 1 is 1.00 bits per heavy atom. The van der Waals surface area contributed by atoms with E-state index >= 15 is 0 Å². The first-order chi connectivity index (χ1) is 11.5. The van der Waals surface area contributed by atoms with Gasteiger partial charge in [0.05, 0.1) is 6.66 Å². The summed E-state index contributed by atoms with van der Waals surface area (Å²) in [6.45, 7) is 4.31. The molecule has 0 aromatic heterocycles. The van der Waals surface area contributed by atoms with Crippen LogP contribution in [0.25, 0.3) is 0 Å². The fraction of sp³-hybridized carbons (Fsp3) is 0.294. The molecule has 0 spiro atoms. The van der Waals surface area contributed by atoms with E-state index in [4.69, 9.17) is 20.7 Å². The smallest absolute Gasteiger partial charge is 0.392 e. The van der Waals surface area contributed by atoms with Crippen molar-refractivity contribution in [3.8, 4) is 5.75 Å². The van der Waals surface area contributed by atoms with Crippen LogP contribution in [0.5, 0.6) is 5.75 Å². The molecule has 1 atom stereocenters. The predicted molar refractivity (Wildman–Crippen MR) is 96.9 cm³/mol. The lowest BCUT2D eigenvalue weighted by Gasteiger charge is -2.36. The lowest BCUT2D eigenvalue weighted by molar-refractivity contribution is -0.0676. The molecule has 7 heteroatoms. The Labute approximate surface area is 147 Å². The summed E-state index contributed by atoms with van der Waals surface area (Å²) in [5.41, 5.74) is 1.09. The highest BCUT2D eigenvalue weighted by Crippen LogP contribution is 2.45. The molecule has 3 rings (SSSR count). The van der Waals surface area contributed by atoms with Crippen LogP contribution in [0.3, 0.4) is 0 Å². The second-order valence-electron chi connectivity index (χ2n) is 5.65. The molecule has 1 heterocycles. The Morgan fingerprint density at radius 2 is 1.71 bits per heavy atom. The van der Waals surface area contributed by atoms with Crippen molar-refractivity contribution in [2.45, 2.75) is 0 Å². The summed E-state index contributed by atoms with van der Waals surface area (Å²) in [5.74, 6) is 0.542. The van der Waals surface area contributed by atoms with Gasteiger partial charge in [-0.25, -0.2) is 9.19 Å². The quantitative estimate of drug-likeness (QED) is 0.738. The SMILES string of the molecule is CP(=O)(Oc1ccccc1)ON1CCN(c2cccc(Cl)c2)CC1. The molecule has 2 aromatic carbocycles. The summed E-state index contributed by atoms with van der Waals surface area (Å²) >= 11 is 6.04. The lowest BCUT2D eigenvalue weighted by atomic mass is 10.2. The molecule has 0 radical (unpaired) electrons. The highest BCUT2D eigenvalue weighted by atomic mass is 35.5. The van der Waals surface area contributed by atoms with Crippen LogP contribution in [0.1, 0.15) is 0 Å². The van der Waals surface area contributed by atoms with E-state index in [1.807, 2.05) is 42.5 Å². The number of hydroxylamine groups is 2. The second-order valence-corrected chi connectivity index (χ2v) is 7.98.